The summed E-state index contributed by atoms with van der Waals surface area (Å²) in [5.74, 6) is 1.98. The molecule has 4 aromatic rings. The molecule has 0 aliphatic heterocycles. The van der Waals surface area contributed by atoms with Crippen LogP contribution < -0.4 is 0 Å². The van der Waals surface area contributed by atoms with Crippen molar-refractivity contribution in [3.63, 3.8) is 0 Å². The number of nitrogens with zero attached hydrogens (tertiary/aromatic N) is 6. The maximum Gasteiger partial charge on any atom is 0.226 e. The number of unbranched alkanes of at least 4 members (excludes halogenated alkanes) is 1. The largest absolute Gasteiger partial charge is 0.339 e. The van der Waals surface area contributed by atoms with Crippen molar-refractivity contribution in [3.8, 4) is 5.69 Å². The Labute approximate surface area is 154 Å². The second-order valence-electron chi connectivity index (χ2n) is 5.80. The van der Waals surface area contributed by atoms with E-state index in [1.165, 1.54) is 0 Å². The van der Waals surface area contributed by atoms with Gasteiger partial charge in [0.2, 0.25) is 5.89 Å². The minimum atomic E-state index is 0.595. The number of para-hydroxylation sites is 1. The molecule has 0 radical (unpaired) electrons. The summed E-state index contributed by atoms with van der Waals surface area (Å²) in [6.07, 6.45) is 6.36. The van der Waals surface area contributed by atoms with Crippen LogP contribution in [0.2, 0.25) is 0 Å². The Morgan fingerprint density at radius 3 is 2.88 bits per heavy atom. The summed E-state index contributed by atoms with van der Waals surface area (Å²) in [4.78, 5) is 13.2. The molecule has 0 aliphatic rings. The van der Waals surface area contributed by atoms with E-state index in [2.05, 4.69) is 32.1 Å². The summed E-state index contributed by atoms with van der Waals surface area (Å²) in [7, 11) is 0. The third kappa shape index (κ3) is 3.45. The van der Waals surface area contributed by atoms with Gasteiger partial charge in [0.05, 0.1) is 23.0 Å². The Hall–Kier alpha value is -2.74. The molecule has 1 aromatic carbocycles. The SMILES string of the molecule is CCCCc1nc(CSc2ncnc3c2cnn3-c2ccccc2)no1. The van der Waals surface area contributed by atoms with E-state index in [1.807, 2.05) is 35.0 Å². The lowest BCUT2D eigenvalue weighted by Gasteiger charge is -2.03. The van der Waals surface area contributed by atoms with E-state index in [9.17, 15) is 0 Å². The first kappa shape index (κ1) is 16.7. The summed E-state index contributed by atoms with van der Waals surface area (Å²) < 4.78 is 7.10. The van der Waals surface area contributed by atoms with Gasteiger partial charge in [0.25, 0.3) is 0 Å². The first-order valence-corrected chi connectivity index (χ1v) is 9.52. The van der Waals surface area contributed by atoms with Gasteiger partial charge in [-0.05, 0) is 18.6 Å². The fraction of sp³-hybridized carbons (Fsp3) is 0.278. The van der Waals surface area contributed by atoms with Gasteiger partial charge in [-0.15, -0.1) is 0 Å². The number of hydrogen-bond acceptors (Lipinski definition) is 7. The molecule has 26 heavy (non-hydrogen) atoms. The van der Waals surface area contributed by atoms with E-state index < -0.39 is 0 Å². The van der Waals surface area contributed by atoms with Gasteiger partial charge in [0.1, 0.15) is 11.4 Å². The van der Waals surface area contributed by atoms with Gasteiger partial charge in [-0.3, -0.25) is 0 Å². The summed E-state index contributed by atoms with van der Waals surface area (Å²) >= 11 is 1.56. The highest BCUT2D eigenvalue weighted by atomic mass is 32.2. The molecule has 0 bridgehead atoms. The fourth-order valence-corrected chi connectivity index (χ4v) is 3.41. The molecule has 0 spiro atoms. The van der Waals surface area contributed by atoms with Gasteiger partial charge in [0.15, 0.2) is 11.5 Å². The molecule has 0 N–H and O–H groups in total. The molecule has 4 rings (SSSR count). The van der Waals surface area contributed by atoms with E-state index in [0.29, 0.717) is 17.5 Å². The molecule has 0 aliphatic carbocycles. The zero-order chi connectivity index (χ0) is 17.8. The van der Waals surface area contributed by atoms with Gasteiger partial charge < -0.3 is 4.52 Å². The van der Waals surface area contributed by atoms with Crippen molar-refractivity contribution in [2.24, 2.45) is 0 Å². The Bertz CT molecular complexity index is 997. The minimum absolute atomic E-state index is 0.595. The van der Waals surface area contributed by atoms with E-state index >= 15 is 0 Å². The maximum absolute atomic E-state index is 5.28. The molecule has 0 saturated carbocycles. The molecule has 132 valence electrons. The van der Waals surface area contributed by atoms with Crippen molar-refractivity contribution in [2.75, 3.05) is 0 Å². The van der Waals surface area contributed by atoms with Crippen LogP contribution in [0.15, 0.2) is 52.4 Å². The van der Waals surface area contributed by atoms with Crippen LogP contribution in [0, 0.1) is 0 Å². The summed E-state index contributed by atoms with van der Waals surface area (Å²) in [6.45, 7) is 2.14. The lowest BCUT2D eigenvalue weighted by atomic mass is 10.2. The van der Waals surface area contributed by atoms with Crippen LogP contribution in [0.1, 0.15) is 31.5 Å². The predicted molar refractivity (Wildman–Crippen MR) is 99.1 cm³/mol. The first-order chi connectivity index (χ1) is 12.8. The average Bonchev–Trinajstić information content (AvgIpc) is 3.32. The zero-order valence-electron chi connectivity index (χ0n) is 14.4. The summed E-state index contributed by atoms with van der Waals surface area (Å²) in [5.41, 5.74) is 1.75. The number of rotatable bonds is 7. The molecule has 3 aromatic heterocycles. The number of aryl methyl sites for hydroxylation is 1. The first-order valence-electron chi connectivity index (χ1n) is 8.53. The van der Waals surface area contributed by atoms with Crippen molar-refractivity contribution in [2.45, 2.75) is 37.0 Å². The van der Waals surface area contributed by atoms with Crippen LogP contribution in [0.3, 0.4) is 0 Å². The van der Waals surface area contributed by atoms with Crippen LogP contribution in [0.5, 0.6) is 0 Å². The van der Waals surface area contributed by atoms with Gasteiger partial charge in [-0.2, -0.15) is 10.1 Å². The normalized spacial score (nSPS) is 11.3. The van der Waals surface area contributed by atoms with Crippen molar-refractivity contribution >= 4 is 22.8 Å². The molecular weight excluding hydrogens is 348 g/mol. The molecule has 0 atom stereocenters. The molecule has 8 heteroatoms. The zero-order valence-corrected chi connectivity index (χ0v) is 15.2. The standard InChI is InChI=1S/C18H18N6OS/c1-2-3-9-16-22-15(23-25-16)11-26-18-14-10-21-24(17(14)19-12-20-18)13-7-5-4-6-8-13/h4-8,10,12H,2-3,9,11H2,1H3. The highest BCUT2D eigenvalue weighted by Crippen LogP contribution is 2.27. The third-order valence-corrected chi connectivity index (χ3v) is 4.92. The topological polar surface area (TPSA) is 82.5 Å². The summed E-state index contributed by atoms with van der Waals surface area (Å²) in [6, 6.07) is 9.93. The van der Waals surface area contributed by atoms with E-state index in [4.69, 9.17) is 4.52 Å². The van der Waals surface area contributed by atoms with Crippen LogP contribution in [0.25, 0.3) is 16.7 Å². The van der Waals surface area contributed by atoms with Gasteiger partial charge >= 0.3 is 0 Å². The second kappa shape index (κ2) is 7.65. The predicted octanol–water partition coefficient (Wildman–Crippen LogP) is 3.83. The van der Waals surface area contributed by atoms with Crippen LogP contribution in [-0.2, 0) is 12.2 Å². The number of aromatic nitrogens is 6. The number of hydrogen-bond donors (Lipinski definition) is 0. The van der Waals surface area contributed by atoms with Crippen molar-refractivity contribution in [3.05, 3.63) is 54.6 Å². The Morgan fingerprint density at radius 1 is 1.15 bits per heavy atom. The quantitative estimate of drug-likeness (QED) is 0.363. The highest BCUT2D eigenvalue weighted by Gasteiger charge is 2.13. The second-order valence-corrected chi connectivity index (χ2v) is 6.77. The van der Waals surface area contributed by atoms with E-state index in [1.54, 1.807) is 24.3 Å². The van der Waals surface area contributed by atoms with Gasteiger partial charge in [-0.25, -0.2) is 14.6 Å². The highest BCUT2D eigenvalue weighted by molar-refractivity contribution is 7.98. The van der Waals surface area contributed by atoms with Crippen LogP contribution in [0.4, 0.5) is 0 Å². The lowest BCUT2D eigenvalue weighted by molar-refractivity contribution is 0.371. The molecular formula is C18H18N6OS. The number of thioether (sulfide) groups is 1. The number of benzene rings is 1. The Morgan fingerprint density at radius 2 is 2.04 bits per heavy atom. The van der Waals surface area contributed by atoms with E-state index in [-0.39, 0.29) is 0 Å². The Kier molecular flexibility index (Phi) is 4.92. The van der Waals surface area contributed by atoms with E-state index in [0.717, 1.165) is 41.0 Å². The van der Waals surface area contributed by atoms with Crippen molar-refractivity contribution < 1.29 is 4.52 Å². The molecule has 0 unspecified atom stereocenters. The van der Waals surface area contributed by atoms with Crippen molar-refractivity contribution in [1.82, 2.24) is 29.9 Å². The smallest absolute Gasteiger partial charge is 0.226 e. The monoisotopic (exact) mass is 366 g/mol. The molecule has 0 amide bonds. The molecule has 0 fully saturated rings. The van der Waals surface area contributed by atoms with Crippen molar-refractivity contribution in [1.29, 1.82) is 0 Å². The fourth-order valence-electron chi connectivity index (χ4n) is 2.61. The third-order valence-electron chi connectivity index (χ3n) is 3.92. The van der Waals surface area contributed by atoms with Crippen LogP contribution in [-0.4, -0.2) is 29.9 Å². The average molecular weight is 366 g/mol. The number of fused-ring (bicyclic) bond motifs is 1. The molecule has 7 nitrogen and oxygen atoms in total. The van der Waals surface area contributed by atoms with Crippen LogP contribution >= 0.6 is 11.8 Å². The lowest BCUT2D eigenvalue weighted by Crippen LogP contribution is -1.97. The van der Waals surface area contributed by atoms with Gasteiger partial charge in [0, 0.05) is 6.42 Å². The molecule has 0 saturated heterocycles. The maximum atomic E-state index is 5.28. The summed E-state index contributed by atoms with van der Waals surface area (Å²) in [5, 5.41) is 10.3. The minimum Gasteiger partial charge on any atom is -0.339 e. The van der Waals surface area contributed by atoms with Gasteiger partial charge in [-0.1, -0.05) is 48.5 Å². The molecule has 3 heterocycles. The Balaban J connectivity index is 1.54.